The monoisotopic (exact) mass is 248 g/mol. The van der Waals surface area contributed by atoms with Gasteiger partial charge in [0.05, 0.1) is 13.2 Å². The Morgan fingerprint density at radius 3 is 2.29 bits per heavy atom. The van der Waals surface area contributed by atoms with E-state index in [-0.39, 0.29) is 13.2 Å². The first kappa shape index (κ1) is 13.2. The number of hydrogen-bond acceptors (Lipinski definition) is 6. The van der Waals surface area contributed by atoms with Gasteiger partial charge < -0.3 is 29.2 Å². The van der Waals surface area contributed by atoms with Crippen LogP contribution in [0.3, 0.4) is 0 Å². The molecule has 2 fully saturated rings. The van der Waals surface area contributed by atoms with Gasteiger partial charge in [0.15, 0.2) is 12.1 Å². The standard InChI is InChI=1S/C11H20O6/c1-4-14-9-7-8(16-10(2,3)15-7)11(5-12,6-13)17-9/h7-9,12-13H,4-6H2,1-3H3/t7-,8?,9+/m0/s1. The zero-order valence-corrected chi connectivity index (χ0v) is 10.4. The molecular formula is C11H20O6. The van der Waals surface area contributed by atoms with Crippen LogP contribution in [0.25, 0.3) is 0 Å². The first-order valence-corrected chi connectivity index (χ1v) is 5.85. The van der Waals surface area contributed by atoms with E-state index < -0.39 is 29.9 Å². The van der Waals surface area contributed by atoms with Crippen LogP contribution in [-0.2, 0) is 18.9 Å². The van der Waals surface area contributed by atoms with Crippen LogP contribution >= 0.6 is 0 Å². The van der Waals surface area contributed by atoms with E-state index in [1.807, 2.05) is 6.92 Å². The van der Waals surface area contributed by atoms with Crippen molar-refractivity contribution < 1.29 is 29.2 Å². The van der Waals surface area contributed by atoms with E-state index in [1.54, 1.807) is 13.8 Å². The number of aliphatic hydroxyl groups excluding tert-OH is 2. The quantitative estimate of drug-likeness (QED) is 0.706. The average Bonchev–Trinajstić information content (AvgIpc) is 2.73. The molecule has 2 rings (SSSR count). The highest BCUT2D eigenvalue weighted by Crippen LogP contribution is 2.44. The summed E-state index contributed by atoms with van der Waals surface area (Å²) in [7, 11) is 0. The molecule has 0 aromatic carbocycles. The van der Waals surface area contributed by atoms with Crippen molar-refractivity contribution in [2.24, 2.45) is 0 Å². The topological polar surface area (TPSA) is 77.4 Å². The van der Waals surface area contributed by atoms with Crippen molar-refractivity contribution in [2.45, 2.75) is 50.7 Å². The van der Waals surface area contributed by atoms with Crippen LogP contribution < -0.4 is 0 Å². The van der Waals surface area contributed by atoms with Crippen LogP contribution in [0.2, 0.25) is 0 Å². The molecule has 3 atom stereocenters. The average molecular weight is 248 g/mol. The van der Waals surface area contributed by atoms with Crippen LogP contribution in [0.15, 0.2) is 0 Å². The number of ether oxygens (including phenoxy) is 4. The van der Waals surface area contributed by atoms with Gasteiger partial charge in [-0.15, -0.1) is 0 Å². The molecule has 0 aromatic heterocycles. The SMILES string of the molecule is CCO[C@@H]1OC(CO)(CO)C2OC(C)(C)O[C@@H]21. The molecule has 2 saturated heterocycles. The molecule has 2 N–H and O–H groups in total. The molecule has 0 saturated carbocycles. The molecule has 0 amide bonds. The maximum atomic E-state index is 9.44. The van der Waals surface area contributed by atoms with E-state index >= 15 is 0 Å². The van der Waals surface area contributed by atoms with Crippen LogP contribution in [0.5, 0.6) is 0 Å². The lowest BCUT2D eigenvalue weighted by molar-refractivity contribution is -0.266. The minimum Gasteiger partial charge on any atom is -0.393 e. The molecule has 1 unspecified atom stereocenters. The first-order chi connectivity index (χ1) is 7.98. The highest BCUT2D eigenvalue weighted by atomic mass is 16.8. The van der Waals surface area contributed by atoms with Crippen molar-refractivity contribution in [3.63, 3.8) is 0 Å². The fourth-order valence-electron chi connectivity index (χ4n) is 2.36. The second-order valence-corrected chi connectivity index (χ2v) is 4.84. The van der Waals surface area contributed by atoms with Gasteiger partial charge in [-0.05, 0) is 20.8 Å². The molecule has 0 aliphatic carbocycles. The molecule has 0 aromatic rings. The minimum atomic E-state index is -1.15. The zero-order valence-electron chi connectivity index (χ0n) is 10.4. The van der Waals surface area contributed by atoms with E-state index in [1.165, 1.54) is 0 Å². The van der Waals surface area contributed by atoms with Gasteiger partial charge in [-0.2, -0.15) is 0 Å². The van der Waals surface area contributed by atoms with E-state index in [2.05, 4.69) is 0 Å². The Morgan fingerprint density at radius 2 is 1.76 bits per heavy atom. The van der Waals surface area contributed by atoms with E-state index in [9.17, 15) is 10.2 Å². The molecular weight excluding hydrogens is 228 g/mol. The highest BCUT2D eigenvalue weighted by molar-refractivity contribution is 5.05. The van der Waals surface area contributed by atoms with Gasteiger partial charge in [0.1, 0.15) is 17.8 Å². The molecule has 100 valence electrons. The summed E-state index contributed by atoms with van der Waals surface area (Å²) < 4.78 is 22.4. The van der Waals surface area contributed by atoms with Gasteiger partial charge >= 0.3 is 0 Å². The first-order valence-electron chi connectivity index (χ1n) is 5.85. The van der Waals surface area contributed by atoms with Crippen molar-refractivity contribution in [1.82, 2.24) is 0 Å². The number of aliphatic hydroxyl groups is 2. The molecule has 0 radical (unpaired) electrons. The van der Waals surface area contributed by atoms with Crippen molar-refractivity contribution in [3.8, 4) is 0 Å². The molecule has 17 heavy (non-hydrogen) atoms. The Balaban J connectivity index is 2.23. The predicted octanol–water partition coefficient (Wildman–Crippen LogP) is -0.377. The van der Waals surface area contributed by atoms with Gasteiger partial charge in [-0.1, -0.05) is 0 Å². The maximum Gasteiger partial charge on any atom is 0.187 e. The summed E-state index contributed by atoms with van der Waals surface area (Å²) in [4.78, 5) is 0. The van der Waals surface area contributed by atoms with Crippen LogP contribution in [0.1, 0.15) is 20.8 Å². The maximum absolute atomic E-state index is 9.44. The lowest BCUT2D eigenvalue weighted by Crippen LogP contribution is -2.49. The van der Waals surface area contributed by atoms with E-state index in [4.69, 9.17) is 18.9 Å². The predicted molar refractivity (Wildman–Crippen MR) is 57.2 cm³/mol. The third kappa shape index (κ3) is 2.09. The Bertz CT molecular complexity index is 275. The van der Waals surface area contributed by atoms with Crippen molar-refractivity contribution in [2.75, 3.05) is 19.8 Å². The van der Waals surface area contributed by atoms with Crippen LogP contribution in [0.4, 0.5) is 0 Å². The van der Waals surface area contributed by atoms with Gasteiger partial charge in [0.2, 0.25) is 0 Å². The second kappa shape index (κ2) is 4.46. The smallest absolute Gasteiger partial charge is 0.187 e. The fraction of sp³-hybridized carbons (Fsp3) is 1.00. The Hall–Kier alpha value is -0.240. The van der Waals surface area contributed by atoms with Crippen molar-refractivity contribution in [3.05, 3.63) is 0 Å². The van der Waals surface area contributed by atoms with Gasteiger partial charge in [0.25, 0.3) is 0 Å². The molecule has 2 aliphatic heterocycles. The zero-order chi connectivity index (χ0) is 12.7. The van der Waals surface area contributed by atoms with Crippen LogP contribution in [0, 0.1) is 0 Å². The molecule has 2 aliphatic rings. The Labute approximate surface area is 100 Å². The summed E-state index contributed by atoms with van der Waals surface area (Å²) in [5.41, 5.74) is -1.15. The van der Waals surface area contributed by atoms with Crippen LogP contribution in [-0.4, -0.2) is 59.9 Å². The van der Waals surface area contributed by atoms with E-state index in [0.717, 1.165) is 0 Å². The number of fused-ring (bicyclic) bond motifs is 1. The van der Waals surface area contributed by atoms with E-state index in [0.29, 0.717) is 6.61 Å². The minimum absolute atomic E-state index is 0.340. The summed E-state index contributed by atoms with van der Waals surface area (Å²) in [5, 5.41) is 18.9. The lowest BCUT2D eigenvalue weighted by atomic mass is 9.97. The van der Waals surface area contributed by atoms with Gasteiger partial charge in [-0.25, -0.2) is 0 Å². The highest BCUT2D eigenvalue weighted by Gasteiger charge is 2.63. The third-order valence-corrected chi connectivity index (χ3v) is 3.13. The summed E-state index contributed by atoms with van der Waals surface area (Å²) in [5.74, 6) is -0.760. The summed E-state index contributed by atoms with van der Waals surface area (Å²) >= 11 is 0. The van der Waals surface area contributed by atoms with Crippen molar-refractivity contribution in [1.29, 1.82) is 0 Å². The summed E-state index contributed by atoms with van der Waals surface area (Å²) in [6.07, 6.45) is -1.57. The molecule has 2 heterocycles. The fourth-order valence-corrected chi connectivity index (χ4v) is 2.36. The second-order valence-electron chi connectivity index (χ2n) is 4.84. The Kier molecular flexibility index (Phi) is 3.46. The van der Waals surface area contributed by atoms with Gasteiger partial charge in [-0.3, -0.25) is 0 Å². The Morgan fingerprint density at radius 1 is 1.12 bits per heavy atom. The van der Waals surface area contributed by atoms with Crippen molar-refractivity contribution >= 4 is 0 Å². The van der Waals surface area contributed by atoms with Gasteiger partial charge in [0, 0.05) is 6.61 Å². The molecule has 6 nitrogen and oxygen atoms in total. The number of rotatable bonds is 4. The lowest BCUT2D eigenvalue weighted by Gasteiger charge is -2.31. The molecule has 6 heteroatoms. The normalized spacial score (nSPS) is 38.3. The molecule has 0 bridgehead atoms. The summed E-state index contributed by atoms with van der Waals surface area (Å²) in [6.45, 7) is 5.20. The number of hydrogen-bond donors (Lipinski definition) is 2. The third-order valence-electron chi connectivity index (χ3n) is 3.13. The summed E-state index contributed by atoms with van der Waals surface area (Å²) in [6, 6.07) is 0. The largest absolute Gasteiger partial charge is 0.393 e. The molecule has 0 spiro atoms.